The first-order valence-corrected chi connectivity index (χ1v) is 6.94. The second kappa shape index (κ2) is 6.49. The molecule has 1 N–H and O–H groups in total. The molecule has 1 aromatic heterocycles. The monoisotopic (exact) mass is 280 g/mol. The van der Waals surface area contributed by atoms with Crippen molar-refractivity contribution in [1.29, 1.82) is 0 Å². The largest absolute Gasteiger partial charge is 0.481 e. The summed E-state index contributed by atoms with van der Waals surface area (Å²) in [6.07, 6.45) is 3.69. The average Bonchev–Trinajstić information content (AvgIpc) is 2.99. The van der Waals surface area contributed by atoms with Gasteiger partial charge in [0.1, 0.15) is 5.82 Å². The van der Waals surface area contributed by atoms with E-state index in [-0.39, 0.29) is 12.3 Å². The van der Waals surface area contributed by atoms with E-state index in [1.165, 1.54) is 0 Å². The first-order valence-electron chi connectivity index (χ1n) is 6.94. The van der Waals surface area contributed by atoms with Crippen molar-refractivity contribution in [1.82, 2.24) is 19.7 Å². The third-order valence-corrected chi connectivity index (χ3v) is 3.52. The molecule has 0 radical (unpaired) electrons. The van der Waals surface area contributed by atoms with Crippen LogP contribution >= 0.6 is 0 Å². The lowest BCUT2D eigenvalue weighted by molar-refractivity contribution is -0.137. The number of unbranched alkanes of at least 4 members (excludes halogenated alkanes) is 1. The van der Waals surface area contributed by atoms with Crippen LogP contribution in [-0.2, 0) is 29.1 Å². The fourth-order valence-corrected chi connectivity index (χ4v) is 2.37. The molecule has 2 heterocycles. The number of aliphatic carboxylic acids is 1. The number of hydrogen-bond donors (Lipinski definition) is 1. The van der Waals surface area contributed by atoms with Gasteiger partial charge < -0.3 is 14.6 Å². The summed E-state index contributed by atoms with van der Waals surface area (Å²) < 4.78 is 2.08. The van der Waals surface area contributed by atoms with Gasteiger partial charge in [-0.1, -0.05) is 0 Å². The van der Waals surface area contributed by atoms with Crippen molar-refractivity contribution >= 4 is 11.9 Å². The molecule has 0 saturated heterocycles. The van der Waals surface area contributed by atoms with Crippen molar-refractivity contribution in [3.63, 3.8) is 0 Å². The van der Waals surface area contributed by atoms with Gasteiger partial charge in [-0.2, -0.15) is 0 Å². The van der Waals surface area contributed by atoms with E-state index >= 15 is 0 Å². The van der Waals surface area contributed by atoms with Crippen LogP contribution in [0.5, 0.6) is 0 Å². The lowest BCUT2D eigenvalue weighted by Crippen LogP contribution is -2.27. The zero-order chi connectivity index (χ0) is 14.5. The van der Waals surface area contributed by atoms with E-state index in [1.54, 1.807) is 11.9 Å². The van der Waals surface area contributed by atoms with E-state index in [0.29, 0.717) is 25.8 Å². The second-order valence-electron chi connectivity index (χ2n) is 5.14. The summed E-state index contributed by atoms with van der Waals surface area (Å²) in [6.45, 7) is 1.39. The predicted molar refractivity (Wildman–Crippen MR) is 70.9 cm³/mol. The van der Waals surface area contributed by atoms with Crippen LogP contribution < -0.4 is 0 Å². The topological polar surface area (TPSA) is 88.3 Å². The molecule has 7 nitrogen and oxygen atoms in total. The van der Waals surface area contributed by atoms with E-state index in [0.717, 1.165) is 31.0 Å². The van der Waals surface area contributed by atoms with Gasteiger partial charge in [-0.05, 0) is 19.3 Å². The molecule has 110 valence electrons. The Bertz CT molecular complexity index is 498. The van der Waals surface area contributed by atoms with Crippen LogP contribution in [0.25, 0.3) is 0 Å². The number of fused-ring (bicyclic) bond motifs is 1. The van der Waals surface area contributed by atoms with Crippen molar-refractivity contribution < 1.29 is 14.7 Å². The van der Waals surface area contributed by atoms with Gasteiger partial charge in [0.15, 0.2) is 5.82 Å². The minimum Gasteiger partial charge on any atom is -0.481 e. The molecule has 0 unspecified atom stereocenters. The zero-order valence-electron chi connectivity index (χ0n) is 11.7. The van der Waals surface area contributed by atoms with E-state index in [2.05, 4.69) is 14.8 Å². The normalized spacial score (nSPS) is 13.2. The average molecular weight is 280 g/mol. The maximum absolute atomic E-state index is 11.9. The third-order valence-electron chi connectivity index (χ3n) is 3.52. The minimum absolute atomic E-state index is 0.0192. The number of carbonyl (C=O) groups excluding carboxylic acids is 1. The SMILES string of the molecule is CN(Cc1nnc2n1CCC2)C(=O)CCCCC(=O)O. The summed E-state index contributed by atoms with van der Waals surface area (Å²) in [4.78, 5) is 24.0. The maximum Gasteiger partial charge on any atom is 0.303 e. The Labute approximate surface area is 117 Å². The van der Waals surface area contributed by atoms with Gasteiger partial charge in [0, 0.05) is 32.9 Å². The summed E-state index contributed by atoms with van der Waals surface area (Å²) in [6, 6.07) is 0. The number of hydrogen-bond acceptors (Lipinski definition) is 4. The van der Waals surface area contributed by atoms with Gasteiger partial charge in [-0.3, -0.25) is 9.59 Å². The van der Waals surface area contributed by atoms with E-state index < -0.39 is 5.97 Å². The highest BCUT2D eigenvalue weighted by molar-refractivity contribution is 5.75. The first kappa shape index (κ1) is 14.5. The van der Waals surface area contributed by atoms with E-state index in [9.17, 15) is 9.59 Å². The third kappa shape index (κ3) is 3.55. The van der Waals surface area contributed by atoms with E-state index in [4.69, 9.17) is 5.11 Å². The van der Waals surface area contributed by atoms with Gasteiger partial charge in [-0.15, -0.1) is 10.2 Å². The van der Waals surface area contributed by atoms with Crippen LogP contribution in [0, 0.1) is 0 Å². The highest BCUT2D eigenvalue weighted by atomic mass is 16.4. The molecule has 7 heteroatoms. The highest BCUT2D eigenvalue weighted by Crippen LogP contribution is 2.15. The van der Waals surface area contributed by atoms with Crippen LogP contribution in [-0.4, -0.2) is 43.7 Å². The fraction of sp³-hybridized carbons (Fsp3) is 0.692. The molecule has 0 aliphatic carbocycles. The molecular weight excluding hydrogens is 260 g/mol. The Balaban J connectivity index is 1.77. The number of rotatable bonds is 7. The fourth-order valence-electron chi connectivity index (χ4n) is 2.37. The van der Waals surface area contributed by atoms with Crippen molar-refractivity contribution in [2.24, 2.45) is 0 Å². The number of nitrogens with zero attached hydrogens (tertiary/aromatic N) is 4. The molecule has 0 aromatic carbocycles. The number of carboxylic acids is 1. The van der Waals surface area contributed by atoms with Crippen molar-refractivity contribution in [2.45, 2.75) is 51.6 Å². The van der Waals surface area contributed by atoms with Crippen LogP contribution in [0.15, 0.2) is 0 Å². The summed E-state index contributed by atoms with van der Waals surface area (Å²) in [5.74, 6) is 1.04. The molecule has 0 saturated carbocycles. The first-order chi connectivity index (χ1) is 9.58. The summed E-state index contributed by atoms with van der Waals surface area (Å²) in [5, 5.41) is 16.8. The van der Waals surface area contributed by atoms with Gasteiger partial charge in [0.2, 0.25) is 5.91 Å². The molecule has 0 fully saturated rings. The van der Waals surface area contributed by atoms with Gasteiger partial charge in [-0.25, -0.2) is 0 Å². The zero-order valence-corrected chi connectivity index (χ0v) is 11.7. The van der Waals surface area contributed by atoms with Crippen LogP contribution in [0.4, 0.5) is 0 Å². The van der Waals surface area contributed by atoms with Crippen LogP contribution in [0.3, 0.4) is 0 Å². The lowest BCUT2D eigenvalue weighted by atomic mass is 10.2. The predicted octanol–water partition coefficient (Wildman–Crippen LogP) is 0.828. The molecule has 2 rings (SSSR count). The Morgan fingerprint density at radius 2 is 2.05 bits per heavy atom. The maximum atomic E-state index is 11.9. The number of carboxylic acid groups (broad SMARTS) is 1. The molecule has 20 heavy (non-hydrogen) atoms. The standard InChI is InChI=1S/C13H20N4O3/c1-16(12(18)6-2-3-7-13(19)20)9-11-15-14-10-5-4-8-17(10)11/h2-9H2,1H3,(H,19,20). The molecule has 1 aliphatic rings. The number of carbonyl (C=O) groups is 2. The van der Waals surface area contributed by atoms with Crippen molar-refractivity contribution in [3.8, 4) is 0 Å². The summed E-state index contributed by atoms with van der Waals surface area (Å²) >= 11 is 0. The number of aromatic nitrogens is 3. The minimum atomic E-state index is -0.815. The highest BCUT2D eigenvalue weighted by Gasteiger charge is 2.19. The Morgan fingerprint density at radius 3 is 2.80 bits per heavy atom. The molecular formula is C13H20N4O3. The second-order valence-corrected chi connectivity index (χ2v) is 5.14. The summed E-state index contributed by atoms with van der Waals surface area (Å²) in [5.41, 5.74) is 0. The number of aryl methyl sites for hydroxylation is 1. The van der Waals surface area contributed by atoms with Gasteiger partial charge in [0.25, 0.3) is 0 Å². The Morgan fingerprint density at radius 1 is 1.30 bits per heavy atom. The Hall–Kier alpha value is -1.92. The van der Waals surface area contributed by atoms with Crippen molar-refractivity contribution in [3.05, 3.63) is 11.6 Å². The van der Waals surface area contributed by atoms with E-state index in [1.807, 2.05) is 0 Å². The molecule has 0 atom stereocenters. The molecule has 1 aliphatic heterocycles. The molecule has 1 amide bonds. The molecule has 0 spiro atoms. The lowest BCUT2D eigenvalue weighted by Gasteiger charge is -2.16. The van der Waals surface area contributed by atoms with Crippen LogP contribution in [0.2, 0.25) is 0 Å². The molecule has 0 bridgehead atoms. The quantitative estimate of drug-likeness (QED) is 0.747. The summed E-state index contributed by atoms with van der Waals surface area (Å²) in [7, 11) is 1.75. The van der Waals surface area contributed by atoms with Gasteiger partial charge in [0.05, 0.1) is 6.54 Å². The Kier molecular flexibility index (Phi) is 4.70. The smallest absolute Gasteiger partial charge is 0.303 e. The van der Waals surface area contributed by atoms with Crippen molar-refractivity contribution in [2.75, 3.05) is 7.05 Å². The van der Waals surface area contributed by atoms with Gasteiger partial charge >= 0.3 is 5.97 Å². The molecule has 1 aromatic rings. The van der Waals surface area contributed by atoms with Crippen LogP contribution in [0.1, 0.15) is 43.8 Å². The number of amides is 1.